The van der Waals surface area contributed by atoms with Crippen molar-refractivity contribution in [1.29, 1.82) is 0 Å². The van der Waals surface area contributed by atoms with Gasteiger partial charge in [0.25, 0.3) is 0 Å². The van der Waals surface area contributed by atoms with Crippen molar-refractivity contribution in [2.24, 2.45) is 0 Å². The van der Waals surface area contributed by atoms with Gasteiger partial charge in [0.05, 0.1) is 18.3 Å². The monoisotopic (exact) mass is 269 g/mol. The van der Waals surface area contributed by atoms with E-state index in [0.29, 0.717) is 6.54 Å². The zero-order valence-electron chi connectivity index (χ0n) is 11.5. The van der Waals surface area contributed by atoms with Crippen LogP contribution >= 0.6 is 0 Å². The van der Waals surface area contributed by atoms with E-state index in [1.807, 2.05) is 55.5 Å². The second-order valence-electron chi connectivity index (χ2n) is 4.62. The number of nitrogens with one attached hydrogen (secondary N) is 2. The van der Waals surface area contributed by atoms with Crippen molar-refractivity contribution in [2.75, 3.05) is 6.54 Å². The number of hydrogen-bond acceptors (Lipinski definition) is 3. The minimum absolute atomic E-state index is 0.0142. The summed E-state index contributed by atoms with van der Waals surface area (Å²) >= 11 is 0. The van der Waals surface area contributed by atoms with Gasteiger partial charge in [-0.3, -0.25) is 9.78 Å². The number of pyridine rings is 1. The molecule has 0 unspecified atom stereocenters. The Kier molecular flexibility index (Phi) is 5.26. The van der Waals surface area contributed by atoms with Crippen LogP contribution in [0.5, 0.6) is 0 Å². The van der Waals surface area contributed by atoms with Gasteiger partial charge in [-0.2, -0.15) is 0 Å². The molecule has 1 amide bonds. The van der Waals surface area contributed by atoms with Crippen LogP contribution in [-0.2, 0) is 11.3 Å². The van der Waals surface area contributed by atoms with Gasteiger partial charge in [0, 0.05) is 12.7 Å². The van der Waals surface area contributed by atoms with Crippen molar-refractivity contribution in [1.82, 2.24) is 15.6 Å². The molecule has 0 radical (unpaired) electrons. The van der Waals surface area contributed by atoms with Crippen LogP contribution in [0.4, 0.5) is 0 Å². The van der Waals surface area contributed by atoms with E-state index in [1.54, 1.807) is 6.20 Å². The lowest BCUT2D eigenvalue weighted by Gasteiger charge is -2.14. The van der Waals surface area contributed by atoms with E-state index in [1.165, 1.54) is 0 Å². The van der Waals surface area contributed by atoms with Crippen molar-refractivity contribution in [3.8, 4) is 0 Å². The summed E-state index contributed by atoms with van der Waals surface area (Å²) < 4.78 is 0. The molecule has 4 heteroatoms. The summed E-state index contributed by atoms with van der Waals surface area (Å²) in [6, 6.07) is 15.7. The number of carbonyl (C=O) groups excluding carboxylic acids is 1. The molecule has 1 aromatic carbocycles. The van der Waals surface area contributed by atoms with Gasteiger partial charge in [-0.1, -0.05) is 36.4 Å². The Balaban J connectivity index is 1.73. The molecule has 2 rings (SSSR count). The number of rotatable bonds is 6. The van der Waals surface area contributed by atoms with E-state index in [0.717, 1.165) is 11.3 Å². The summed E-state index contributed by atoms with van der Waals surface area (Å²) in [4.78, 5) is 16.0. The molecule has 0 aliphatic heterocycles. The maximum absolute atomic E-state index is 11.8. The fourth-order valence-electron chi connectivity index (χ4n) is 1.92. The van der Waals surface area contributed by atoms with Crippen LogP contribution in [0.3, 0.4) is 0 Å². The first kappa shape index (κ1) is 14.2. The van der Waals surface area contributed by atoms with E-state index in [4.69, 9.17) is 0 Å². The first-order chi connectivity index (χ1) is 9.75. The lowest BCUT2D eigenvalue weighted by atomic mass is 10.1. The van der Waals surface area contributed by atoms with Crippen LogP contribution in [0.2, 0.25) is 0 Å². The smallest absolute Gasteiger partial charge is 0.234 e. The highest BCUT2D eigenvalue weighted by Gasteiger charge is 2.08. The minimum atomic E-state index is -0.0164. The molecule has 1 heterocycles. The lowest BCUT2D eigenvalue weighted by Crippen LogP contribution is -2.35. The lowest BCUT2D eigenvalue weighted by molar-refractivity contribution is -0.120. The molecule has 104 valence electrons. The molecule has 1 aromatic heterocycles. The molecule has 1 atom stereocenters. The van der Waals surface area contributed by atoms with Crippen LogP contribution in [0, 0.1) is 0 Å². The summed E-state index contributed by atoms with van der Waals surface area (Å²) in [6.45, 7) is 2.85. The number of benzene rings is 1. The molecule has 0 saturated carbocycles. The maximum Gasteiger partial charge on any atom is 0.234 e. The summed E-state index contributed by atoms with van der Waals surface area (Å²) in [5.41, 5.74) is 2.03. The molecule has 0 aliphatic carbocycles. The predicted molar refractivity (Wildman–Crippen MR) is 78.9 cm³/mol. The van der Waals surface area contributed by atoms with Gasteiger partial charge in [0.1, 0.15) is 0 Å². The van der Waals surface area contributed by atoms with Crippen LogP contribution in [0.25, 0.3) is 0 Å². The summed E-state index contributed by atoms with van der Waals surface area (Å²) in [5.74, 6) is -0.0164. The summed E-state index contributed by atoms with van der Waals surface area (Å²) in [7, 11) is 0. The van der Waals surface area contributed by atoms with Crippen LogP contribution in [-0.4, -0.2) is 17.4 Å². The van der Waals surface area contributed by atoms with Crippen LogP contribution < -0.4 is 10.6 Å². The van der Waals surface area contributed by atoms with E-state index >= 15 is 0 Å². The van der Waals surface area contributed by atoms with E-state index in [2.05, 4.69) is 15.6 Å². The molecule has 2 aromatic rings. The average Bonchev–Trinajstić information content (AvgIpc) is 2.49. The molecule has 0 aliphatic rings. The first-order valence-electron chi connectivity index (χ1n) is 6.70. The number of hydrogen-bond donors (Lipinski definition) is 2. The second kappa shape index (κ2) is 7.40. The van der Waals surface area contributed by atoms with Crippen LogP contribution in [0.1, 0.15) is 24.2 Å². The largest absolute Gasteiger partial charge is 0.348 e. The Labute approximate surface area is 119 Å². The van der Waals surface area contributed by atoms with Gasteiger partial charge < -0.3 is 10.6 Å². The zero-order valence-corrected chi connectivity index (χ0v) is 11.5. The molecule has 0 spiro atoms. The Morgan fingerprint density at radius 1 is 1.15 bits per heavy atom. The van der Waals surface area contributed by atoms with Crippen molar-refractivity contribution < 1.29 is 4.79 Å². The highest BCUT2D eigenvalue weighted by atomic mass is 16.1. The third-order valence-electron chi connectivity index (χ3n) is 2.99. The van der Waals surface area contributed by atoms with Crippen molar-refractivity contribution in [3.05, 3.63) is 66.0 Å². The standard InChI is InChI=1S/C16H19N3O/c1-13(14-7-3-2-4-8-14)19-16(20)12-17-11-15-9-5-6-10-18-15/h2-10,13,17H,11-12H2,1H3,(H,19,20)/t13-/m0/s1. The number of nitrogens with zero attached hydrogens (tertiary/aromatic N) is 1. The topological polar surface area (TPSA) is 54.0 Å². The summed E-state index contributed by atoms with van der Waals surface area (Å²) in [6.07, 6.45) is 1.74. The molecule has 0 fully saturated rings. The van der Waals surface area contributed by atoms with E-state index in [9.17, 15) is 4.79 Å². The quantitative estimate of drug-likeness (QED) is 0.844. The van der Waals surface area contributed by atoms with Crippen molar-refractivity contribution >= 4 is 5.91 Å². The third-order valence-corrected chi connectivity index (χ3v) is 2.99. The van der Waals surface area contributed by atoms with Gasteiger partial charge in [0.2, 0.25) is 5.91 Å². The van der Waals surface area contributed by atoms with Crippen LogP contribution in [0.15, 0.2) is 54.7 Å². The Morgan fingerprint density at radius 3 is 2.60 bits per heavy atom. The molecule has 20 heavy (non-hydrogen) atoms. The summed E-state index contributed by atoms with van der Waals surface area (Å²) in [5, 5.41) is 6.04. The van der Waals surface area contributed by atoms with Crippen molar-refractivity contribution in [3.63, 3.8) is 0 Å². The molecule has 2 N–H and O–H groups in total. The number of carbonyl (C=O) groups is 1. The fourth-order valence-corrected chi connectivity index (χ4v) is 1.92. The Morgan fingerprint density at radius 2 is 1.90 bits per heavy atom. The highest BCUT2D eigenvalue weighted by molar-refractivity contribution is 5.78. The SMILES string of the molecule is C[C@H](NC(=O)CNCc1ccccn1)c1ccccc1. The Hall–Kier alpha value is -2.20. The average molecular weight is 269 g/mol. The van der Waals surface area contributed by atoms with Crippen molar-refractivity contribution in [2.45, 2.75) is 19.5 Å². The molecule has 4 nitrogen and oxygen atoms in total. The Bertz CT molecular complexity index is 528. The maximum atomic E-state index is 11.8. The number of aromatic nitrogens is 1. The fraction of sp³-hybridized carbons (Fsp3) is 0.250. The zero-order chi connectivity index (χ0) is 14.2. The first-order valence-corrected chi connectivity index (χ1v) is 6.70. The minimum Gasteiger partial charge on any atom is -0.348 e. The molecular weight excluding hydrogens is 250 g/mol. The van der Waals surface area contributed by atoms with E-state index < -0.39 is 0 Å². The third kappa shape index (κ3) is 4.48. The van der Waals surface area contributed by atoms with E-state index in [-0.39, 0.29) is 18.5 Å². The molecule has 0 bridgehead atoms. The van der Waals surface area contributed by atoms with Gasteiger partial charge in [-0.05, 0) is 24.6 Å². The van der Waals surface area contributed by atoms with Gasteiger partial charge >= 0.3 is 0 Å². The molecule has 0 saturated heterocycles. The number of amides is 1. The van der Waals surface area contributed by atoms with Gasteiger partial charge in [-0.25, -0.2) is 0 Å². The normalized spacial score (nSPS) is 11.8. The van der Waals surface area contributed by atoms with Gasteiger partial charge in [0.15, 0.2) is 0 Å². The highest BCUT2D eigenvalue weighted by Crippen LogP contribution is 2.10. The second-order valence-corrected chi connectivity index (χ2v) is 4.62. The van der Waals surface area contributed by atoms with Gasteiger partial charge in [-0.15, -0.1) is 0 Å². The predicted octanol–water partition coefficient (Wildman–Crippen LogP) is 2.05. The molecular formula is C16H19N3O.